The molecule has 2 rings (SSSR count). The topological polar surface area (TPSA) is 47.6 Å². The Morgan fingerprint density at radius 3 is 2.44 bits per heavy atom. The number of hydrogen-bond acceptors (Lipinski definition) is 4. The predicted octanol–water partition coefficient (Wildman–Crippen LogP) is 1.88. The Morgan fingerprint density at radius 2 is 1.94 bits per heavy atom. The summed E-state index contributed by atoms with van der Waals surface area (Å²) in [6.45, 7) is 2.74. The molecule has 2 aliphatic rings. The third-order valence-electron chi connectivity index (χ3n) is 4.21. The van der Waals surface area contributed by atoms with Gasteiger partial charge in [0.15, 0.2) is 0 Å². The van der Waals surface area contributed by atoms with Gasteiger partial charge in [0.25, 0.3) is 0 Å². The van der Waals surface area contributed by atoms with Crippen LogP contribution < -0.4 is 5.32 Å². The Bertz CT molecular complexity index is 285. The minimum Gasteiger partial charge on any atom is -0.465 e. The zero-order valence-corrected chi connectivity index (χ0v) is 11.5. The van der Waals surface area contributed by atoms with Crippen LogP contribution in [0.25, 0.3) is 0 Å². The monoisotopic (exact) mass is 255 g/mol. The molecule has 0 aromatic rings. The number of hydrogen-bond donors (Lipinski definition) is 1. The van der Waals surface area contributed by atoms with E-state index in [1.807, 2.05) is 14.0 Å². The first kappa shape index (κ1) is 13.8. The van der Waals surface area contributed by atoms with Crippen molar-refractivity contribution in [2.75, 3.05) is 20.3 Å². The number of likely N-dealkylation sites (N-methyl/N-ethyl adjacent to an activating group) is 1. The second kappa shape index (κ2) is 6.02. The number of esters is 1. The van der Waals surface area contributed by atoms with Crippen molar-refractivity contribution >= 4 is 5.97 Å². The molecule has 4 heteroatoms. The maximum atomic E-state index is 12.2. The Hall–Kier alpha value is -0.610. The first-order valence-electron chi connectivity index (χ1n) is 7.20. The van der Waals surface area contributed by atoms with Gasteiger partial charge >= 0.3 is 5.97 Å². The summed E-state index contributed by atoms with van der Waals surface area (Å²) < 4.78 is 11.2. The molecule has 0 aromatic heterocycles. The second-order valence-corrected chi connectivity index (χ2v) is 5.43. The average molecular weight is 255 g/mol. The number of nitrogens with one attached hydrogen (secondary N) is 1. The van der Waals surface area contributed by atoms with E-state index in [-0.39, 0.29) is 5.97 Å². The third-order valence-corrected chi connectivity index (χ3v) is 4.21. The summed E-state index contributed by atoms with van der Waals surface area (Å²) in [5, 5.41) is 3.19. The van der Waals surface area contributed by atoms with Gasteiger partial charge < -0.3 is 14.8 Å². The van der Waals surface area contributed by atoms with Crippen molar-refractivity contribution in [3.05, 3.63) is 0 Å². The van der Waals surface area contributed by atoms with E-state index in [1.165, 1.54) is 12.8 Å². The van der Waals surface area contributed by atoms with Gasteiger partial charge in [-0.3, -0.25) is 0 Å². The smallest absolute Gasteiger partial charge is 0.329 e. The highest BCUT2D eigenvalue weighted by Gasteiger charge is 2.51. The quantitative estimate of drug-likeness (QED) is 0.706. The molecule has 1 N–H and O–H groups in total. The van der Waals surface area contributed by atoms with Gasteiger partial charge in [0.1, 0.15) is 5.54 Å². The van der Waals surface area contributed by atoms with Crippen molar-refractivity contribution < 1.29 is 14.3 Å². The minimum atomic E-state index is -0.612. The zero-order valence-electron chi connectivity index (χ0n) is 11.5. The van der Waals surface area contributed by atoms with Gasteiger partial charge in [-0.05, 0) is 45.6 Å². The maximum absolute atomic E-state index is 12.2. The van der Waals surface area contributed by atoms with E-state index in [9.17, 15) is 4.79 Å². The molecule has 2 saturated carbocycles. The van der Waals surface area contributed by atoms with Crippen LogP contribution in [0, 0.1) is 5.92 Å². The normalized spacial score (nSPS) is 23.9. The summed E-state index contributed by atoms with van der Waals surface area (Å²) in [4.78, 5) is 12.2. The highest BCUT2D eigenvalue weighted by atomic mass is 16.5. The summed E-state index contributed by atoms with van der Waals surface area (Å²) in [6, 6.07) is 0. The first-order valence-corrected chi connectivity index (χ1v) is 7.20. The molecule has 4 nitrogen and oxygen atoms in total. The minimum absolute atomic E-state index is 0.145. The summed E-state index contributed by atoms with van der Waals surface area (Å²) >= 11 is 0. The maximum Gasteiger partial charge on any atom is 0.329 e. The molecule has 1 atom stereocenters. The van der Waals surface area contributed by atoms with Crippen molar-refractivity contribution in [2.45, 2.75) is 57.1 Å². The molecule has 1 unspecified atom stereocenters. The molecule has 104 valence electrons. The third kappa shape index (κ3) is 2.86. The van der Waals surface area contributed by atoms with Gasteiger partial charge in [-0.2, -0.15) is 0 Å². The van der Waals surface area contributed by atoms with Crippen molar-refractivity contribution in [3.63, 3.8) is 0 Å². The SMILES string of the molecule is CCOC(=O)C(COC1CCCC1)(NC)C1CC1. The van der Waals surface area contributed by atoms with Crippen LogP contribution >= 0.6 is 0 Å². The zero-order chi connectivity index (χ0) is 13.0. The lowest BCUT2D eigenvalue weighted by Crippen LogP contribution is -2.57. The molecular formula is C14H25NO3. The highest BCUT2D eigenvalue weighted by Crippen LogP contribution is 2.41. The fourth-order valence-corrected chi connectivity index (χ4v) is 2.86. The van der Waals surface area contributed by atoms with Crippen LogP contribution in [0.3, 0.4) is 0 Å². The Labute approximate surface area is 109 Å². The van der Waals surface area contributed by atoms with E-state index in [2.05, 4.69) is 5.32 Å². The van der Waals surface area contributed by atoms with E-state index in [1.54, 1.807) is 0 Å². The van der Waals surface area contributed by atoms with Gasteiger partial charge in [0.2, 0.25) is 0 Å². The van der Waals surface area contributed by atoms with E-state index in [0.29, 0.717) is 25.2 Å². The van der Waals surface area contributed by atoms with Crippen LogP contribution in [0.4, 0.5) is 0 Å². The van der Waals surface area contributed by atoms with Crippen LogP contribution in [0.2, 0.25) is 0 Å². The summed E-state index contributed by atoms with van der Waals surface area (Å²) in [5.74, 6) is 0.232. The lowest BCUT2D eigenvalue weighted by molar-refractivity contribution is -0.156. The molecule has 0 bridgehead atoms. The lowest BCUT2D eigenvalue weighted by Gasteiger charge is -2.32. The number of carbonyl (C=O) groups is 1. The Balaban J connectivity index is 1.96. The van der Waals surface area contributed by atoms with Crippen LogP contribution in [-0.2, 0) is 14.3 Å². The molecule has 2 aliphatic carbocycles. The lowest BCUT2D eigenvalue weighted by atomic mass is 9.94. The molecule has 0 aliphatic heterocycles. The fraction of sp³-hybridized carbons (Fsp3) is 0.929. The van der Waals surface area contributed by atoms with E-state index >= 15 is 0 Å². The van der Waals surface area contributed by atoms with Gasteiger partial charge in [0.05, 0.1) is 19.3 Å². The van der Waals surface area contributed by atoms with Gasteiger partial charge in [-0.1, -0.05) is 12.8 Å². The Morgan fingerprint density at radius 1 is 1.28 bits per heavy atom. The molecule has 0 spiro atoms. The van der Waals surface area contributed by atoms with Crippen molar-refractivity contribution in [1.82, 2.24) is 5.32 Å². The van der Waals surface area contributed by atoms with Crippen molar-refractivity contribution in [3.8, 4) is 0 Å². The molecule has 0 amide bonds. The van der Waals surface area contributed by atoms with Crippen molar-refractivity contribution in [1.29, 1.82) is 0 Å². The first-order chi connectivity index (χ1) is 8.73. The molecular weight excluding hydrogens is 230 g/mol. The van der Waals surface area contributed by atoms with Crippen LogP contribution in [0.1, 0.15) is 45.4 Å². The highest BCUT2D eigenvalue weighted by molar-refractivity contribution is 5.82. The fourth-order valence-electron chi connectivity index (χ4n) is 2.86. The second-order valence-electron chi connectivity index (χ2n) is 5.43. The van der Waals surface area contributed by atoms with Gasteiger partial charge in [0, 0.05) is 0 Å². The van der Waals surface area contributed by atoms with E-state index < -0.39 is 5.54 Å². The Kier molecular flexibility index (Phi) is 4.62. The summed E-state index contributed by atoms with van der Waals surface area (Å²) in [7, 11) is 1.84. The number of ether oxygens (including phenoxy) is 2. The molecule has 0 saturated heterocycles. The predicted molar refractivity (Wildman–Crippen MR) is 69.4 cm³/mol. The average Bonchev–Trinajstić information content (AvgIpc) is 3.08. The largest absolute Gasteiger partial charge is 0.465 e. The number of rotatable bonds is 7. The number of carbonyl (C=O) groups excluding carboxylic acids is 1. The van der Waals surface area contributed by atoms with Crippen LogP contribution in [0.5, 0.6) is 0 Å². The molecule has 2 fully saturated rings. The van der Waals surface area contributed by atoms with Gasteiger partial charge in [-0.15, -0.1) is 0 Å². The standard InChI is InChI=1S/C14H25NO3/c1-3-17-13(16)14(15-2,11-8-9-11)10-18-12-6-4-5-7-12/h11-12,15H,3-10H2,1-2H3. The van der Waals surface area contributed by atoms with E-state index in [0.717, 1.165) is 25.7 Å². The molecule has 0 heterocycles. The van der Waals surface area contributed by atoms with Crippen LogP contribution in [-0.4, -0.2) is 37.9 Å². The van der Waals surface area contributed by atoms with Crippen molar-refractivity contribution in [2.24, 2.45) is 5.92 Å². The van der Waals surface area contributed by atoms with E-state index in [4.69, 9.17) is 9.47 Å². The molecule has 18 heavy (non-hydrogen) atoms. The summed E-state index contributed by atoms with van der Waals surface area (Å²) in [5.41, 5.74) is -0.612. The van der Waals surface area contributed by atoms with Gasteiger partial charge in [-0.25, -0.2) is 4.79 Å². The molecule has 0 aromatic carbocycles. The molecule has 0 radical (unpaired) electrons. The summed E-state index contributed by atoms with van der Waals surface area (Å²) in [6.07, 6.45) is 7.29. The van der Waals surface area contributed by atoms with Crippen LogP contribution in [0.15, 0.2) is 0 Å².